The highest BCUT2D eigenvalue weighted by Crippen LogP contribution is 2.45. The molecule has 2 aliphatic heterocycles. The third-order valence-corrected chi connectivity index (χ3v) is 10.8. The lowest BCUT2D eigenvalue weighted by Gasteiger charge is -2.29. The maximum atomic E-state index is 14.5. The number of rotatable bonds is 10. The lowest BCUT2D eigenvalue weighted by molar-refractivity contribution is -0.125. The van der Waals surface area contributed by atoms with Crippen LogP contribution in [0.1, 0.15) is 25.3 Å². The molecule has 2 aliphatic rings. The molecule has 2 amide bonds. The summed E-state index contributed by atoms with van der Waals surface area (Å²) in [5.74, 6) is -0.652. The van der Waals surface area contributed by atoms with Gasteiger partial charge in [-0.1, -0.05) is 47.5 Å². The number of sulfonamides is 1. The third-order valence-electron chi connectivity index (χ3n) is 8.51. The number of hydrogen-bond donors (Lipinski definition) is 1. The number of halogens is 2. The van der Waals surface area contributed by atoms with Crippen LogP contribution in [-0.4, -0.2) is 88.7 Å². The number of anilines is 2. The second-order valence-corrected chi connectivity index (χ2v) is 14.9. The molecule has 246 valence electrons. The van der Waals surface area contributed by atoms with E-state index in [1.165, 1.54) is 26.3 Å². The maximum absolute atomic E-state index is 14.5. The van der Waals surface area contributed by atoms with Crippen LogP contribution in [-0.2, 0) is 31.6 Å². The highest BCUT2D eigenvalue weighted by Gasteiger charge is 2.53. The van der Waals surface area contributed by atoms with E-state index in [2.05, 4.69) is 20.3 Å². The number of benzene rings is 2. The molecule has 1 saturated heterocycles. The highest BCUT2D eigenvalue weighted by molar-refractivity contribution is 7.89. The summed E-state index contributed by atoms with van der Waals surface area (Å²) < 4.78 is 31.6. The van der Waals surface area contributed by atoms with Gasteiger partial charge in [-0.25, -0.2) is 28.3 Å². The number of hydrogen-bond acceptors (Lipinski definition) is 8. The zero-order valence-electron chi connectivity index (χ0n) is 26.1. The topological polar surface area (TPSA) is 134 Å². The minimum Gasteiger partial charge on any atom is -0.353 e. The Morgan fingerprint density at radius 3 is 2.38 bits per heavy atom. The van der Waals surface area contributed by atoms with Crippen LogP contribution in [0.3, 0.4) is 0 Å². The molecule has 2 atom stereocenters. The molecule has 0 radical (unpaired) electrons. The quantitative estimate of drug-likeness (QED) is 0.262. The lowest BCUT2D eigenvalue weighted by atomic mass is 9.91. The summed E-state index contributed by atoms with van der Waals surface area (Å²) in [5, 5.41) is 3.30. The van der Waals surface area contributed by atoms with E-state index >= 15 is 0 Å². The Bertz CT molecular complexity index is 1900. The van der Waals surface area contributed by atoms with Crippen LogP contribution in [0.4, 0.5) is 11.6 Å². The van der Waals surface area contributed by atoms with Crippen LogP contribution in [0.5, 0.6) is 0 Å². The normalized spacial score (nSPS) is 19.8. The summed E-state index contributed by atoms with van der Waals surface area (Å²) in [4.78, 5) is 43.6. The summed E-state index contributed by atoms with van der Waals surface area (Å²) in [6, 6.07) is 11.4. The Morgan fingerprint density at radius 1 is 1.04 bits per heavy atom. The van der Waals surface area contributed by atoms with Gasteiger partial charge in [0.2, 0.25) is 11.9 Å². The monoisotopic (exact) mass is 696 g/mol. The molecule has 6 rings (SSSR count). The summed E-state index contributed by atoms with van der Waals surface area (Å²) in [5.41, 5.74) is 1.44. The number of nitrogens with one attached hydrogen (secondary N) is 1. The first-order valence-electron chi connectivity index (χ1n) is 15.1. The Morgan fingerprint density at radius 2 is 1.72 bits per heavy atom. The maximum Gasteiger partial charge on any atom is 0.261 e. The average molecular weight is 698 g/mol. The summed E-state index contributed by atoms with van der Waals surface area (Å²) in [6.07, 6.45) is 7.18. The summed E-state index contributed by atoms with van der Waals surface area (Å²) in [6.45, 7) is 2.86. The molecule has 4 aromatic rings. The fraction of sp³-hybridized carbons (Fsp3) is 0.344. The number of aromatic nitrogens is 4. The van der Waals surface area contributed by atoms with Gasteiger partial charge in [0.15, 0.2) is 5.03 Å². The van der Waals surface area contributed by atoms with E-state index in [4.69, 9.17) is 23.2 Å². The van der Waals surface area contributed by atoms with Crippen molar-refractivity contribution >= 4 is 56.7 Å². The number of amides is 2. The Labute approximate surface area is 283 Å². The van der Waals surface area contributed by atoms with Crippen LogP contribution < -0.4 is 10.2 Å². The predicted octanol–water partition coefficient (Wildman–Crippen LogP) is 4.11. The number of nitrogens with zero attached hydrogens (tertiary/aromatic N) is 7. The molecule has 47 heavy (non-hydrogen) atoms. The number of likely N-dealkylation sites (N-methyl/N-ethyl adjacent to an activating group) is 1. The number of carbonyl (C=O) groups excluding carboxylic acids is 2. The zero-order chi connectivity index (χ0) is 33.5. The largest absolute Gasteiger partial charge is 0.353 e. The zero-order valence-corrected chi connectivity index (χ0v) is 28.4. The van der Waals surface area contributed by atoms with Crippen LogP contribution in [0.25, 0.3) is 11.1 Å². The van der Waals surface area contributed by atoms with Crippen molar-refractivity contribution < 1.29 is 18.0 Å². The SMILES string of the molecule is CN(C)CCNC(=O)[C@@H]1CCCN1S(=O)(=O)c1cnc2n1[C@](C)(Cc1ccc(-c3cncnc3)cc1)C(=O)N2c1cc(Cl)cc(Cl)c1. The molecule has 2 aromatic carbocycles. The fourth-order valence-electron chi connectivity index (χ4n) is 6.20. The van der Waals surface area contributed by atoms with Gasteiger partial charge >= 0.3 is 0 Å². The van der Waals surface area contributed by atoms with E-state index in [9.17, 15) is 18.0 Å². The van der Waals surface area contributed by atoms with Crippen molar-refractivity contribution in [3.05, 3.63) is 83.0 Å². The standard InChI is InChI=1S/C32H34Cl2N8O4S/c1-32(16-21-6-8-22(9-7-21)23-17-35-20-36-18-23)30(44)41(26-14-24(33)13-25(34)15-26)31-38-19-28(42(31)32)47(45,46)40-11-4-5-27(40)29(43)37-10-12-39(2)3/h6-9,13-15,17-20,27H,4-5,10-12,16H2,1-3H3,(H,37,43)/t27-,32+/m0/s1. The van der Waals surface area contributed by atoms with Gasteiger partial charge in [-0.2, -0.15) is 4.31 Å². The Balaban J connectivity index is 1.40. The predicted molar refractivity (Wildman–Crippen MR) is 179 cm³/mol. The fourth-order valence-corrected chi connectivity index (χ4v) is 8.57. The average Bonchev–Trinajstić information content (AvgIpc) is 3.75. The van der Waals surface area contributed by atoms with Gasteiger partial charge in [0.1, 0.15) is 17.9 Å². The van der Waals surface area contributed by atoms with Crippen molar-refractivity contribution in [1.82, 2.24) is 34.0 Å². The minimum atomic E-state index is -4.29. The second kappa shape index (κ2) is 13.0. The molecule has 12 nitrogen and oxygen atoms in total. The molecule has 0 saturated carbocycles. The van der Waals surface area contributed by atoms with Crippen molar-refractivity contribution in [2.24, 2.45) is 0 Å². The van der Waals surface area contributed by atoms with E-state index in [1.807, 2.05) is 43.3 Å². The second-order valence-electron chi connectivity index (χ2n) is 12.1. The van der Waals surface area contributed by atoms with Crippen LogP contribution in [0.15, 0.2) is 72.4 Å². The Hall–Kier alpha value is -3.88. The van der Waals surface area contributed by atoms with Crippen molar-refractivity contribution in [3.8, 4) is 11.1 Å². The Kier molecular flexibility index (Phi) is 9.11. The van der Waals surface area contributed by atoms with Crippen LogP contribution in [0, 0.1) is 0 Å². The molecular weight excluding hydrogens is 663 g/mol. The van der Waals surface area contributed by atoms with Crippen molar-refractivity contribution in [1.29, 1.82) is 0 Å². The highest BCUT2D eigenvalue weighted by atomic mass is 35.5. The van der Waals surface area contributed by atoms with Gasteiger partial charge in [-0.3, -0.25) is 14.2 Å². The van der Waals surface area contributed by atoms with Gasteiger partial charge in [0.05, 0.1) is 11.9 Å². The van der Waals surface area contributed by atoms with Gasteiger partial charge < -0.3 is 10.2 Å². The summed E-state index contributed by atoms with van der Waals surface area (Å²) >= 11 is 12.7. The lowest BCUT2D eigenvalue weighted by Crippen LogP contribution is -2.48. The van der Waals surface area contributed by atoms with E-state index in [-0.39, 0.29) is 29.8 Å². The first kappa shape index (κ1) is 33.0. The van der Waals surface area contributed by atoms with E-state index in [0.29, 0.717) is 41.7 Å². The van der Waals surface area contributed by atoms with Gasteiger partial charge in [-0.15, -0.1) is 0 Å². The smallest absolute Gasteiger partial charge is 0.261 e. The van der Waals surface area contributed by atoms with Crippen molar-refractivity contribution in [2.75, 3.05) is 38.6 Å². The first-order chi connectivity index (χ1) is 22.4. The summed E-state index contributed by atoms with van der Waals surface area (Å²) in [7, 11) is -0.504. The minimum absolute atomic E-state index is 0.110. The van der Waals surface area contributed by atoms with Gasteiger partial charge in [-0.05, 0) is 63.2 Å². The van der Waals surface area contributed by atoms with Crippen molar-refractivity contribution in [3.63, 3.8) is 0 Å². The third kappa shape index (κ3) is 6.25. The molecule has 1 N–H and O–H groups in total. The number of carbonyl (C=O) groups is 2. The van der Waals surface area contributed by atoms with Crippen molar-refractivity contribution in [2.45, 2.75) is 42.8 Å². The molecule has 2 aromatic heterocycles. The molecule has 0 unspecified atom stereocenters. The van der Waals surface area contributed by atoms with E-state index in [1.54, 1.807) is 37.5 Å². The van der Waals surface area contributed by atoms with Crippen LogP contribution in [0.2, 0.25) is 10.0 Å². The van der Waals surface area contributed by atoms with Gasteiger partial charge in [0.25, 0.3) is 15.9 Å². The molecule has 4 heterocycles. The molecule has 0 spiro atoms. The molecule has 0 aliphatic carbocycles. The molecule has 1 fully saturated rings. The van der Waals surface area contributed by atoms with Crippen LogP contribution >= 0.6 is 23.2 Å². The van der Waals surface area contributed by atoms with E-state index in [0.717, 1.165) is 16.7 Å². The van der Waals surface area contributed by atoms with E-state index < -0.39 is 27.5 Å². The first-order valence-corrected chi connectivity index (χ1v) is 17.3. The molecule has 15 heteroatoms. The van der Waals surface area contributed by atoms with Gasteiger partial charge in [0, 0.05) is 54.1 Å². The molecular formula is C32H34Cl2N8O4S. The molecule has 0 bridgehead atoms. The number of fused-ring (bicyclic) bond motifs is 1. The number of imidazole rings is 1.